The van der Waals surface area contributed by atoms with Crippen molar-refractivity contribution < 1.29 is 9.47 Å². The third-order valence-corrected chi connectivity index (χ3v) is 5.28. The highest BCUT2D eigenvalue weighted by Gasteiger charge is 2.17. The van der Waals surface area contributed by atoms with Crippen LogP contribution in [-0.2, 0) is 0 Å². The lowest BCUT2D eigenvalue weighted by atomic mass is 10.1. The van der Waals surface area contributed by atoms with Gasteiger partial charge in [-0.05, 0) is 55.0 Å². The minimum Gasteiger partial charge on any atom is -0.497 e. The van der Waals surface area contributed by atoms with Crippen molar-refractivity contribution >= 4 is 16.7 Å². The van der Waals surface area contributed by atoms with Crippen LogP contribution < -0.4 is 15.0 Å². The molecule has 0 aliphatic heterocycles. The topological polar surface area (TPSA) is 83.5 Å². The number of rotatable bonds is 4. The molecule has 0 bridgehead atoms. The number of hydrogen-bond donors (Lipinski definition) is 0. The van der Waals surface area contributed by atoms with Gasteiger partial charge in [0.1, 0.15) is 17.0 Å². The Balaban J connectivity index is 1.68. The Kier molecular flexibility index (Phi) is 4.39. The molecule has 8 nitrogen and oxygen atoms in total. The molecule has 0 aliphatic carbocycles. The normalized spacial score (nSPS) is 11.2. The number of pyridine rings is 1. The van der Waals surface area contributed by atoms with Gasteiger partial charge in [-0.3, -0.25) is 9.36 Å². The summed E-state index contributed by atoms with van der Waals surface area (Å²) >= 11 is 0. The molecule has 8 heteroatoms. The number of methoxy groups -OCH3 is 2. The van der Waals surface area contributed by atoms with Crippen LogP contribution in [0.4, 0.5) is 0 Å². The molecule has 0 fully saturated rings. The van der Waals surface area contributed by atoms with Crippen LogP contribution in [0.1, 0.15) is 5.69 Å². The van der Waals surface area contributed by atoms with E-state index in [9.17, 15) is 4.79 Å². The lowest BCUT2D eigenvalue weighted by Crippen LogP contribution is -2.20. The van der Waals surface area contributed by atoms with Crippen molar-refractivity contribution in [3.05, 3.63) is 76.8 Å². The zero-order valence-electron chi connectivity index (χ0n) is 17.2. The SMILES string of the molecule is COc1ccc(-c2c(C)nn3c2nnc2c(=O)n(-c4ccc(OC)cc4)ccc23)cc1. The monoisotopic (exact) mass is 413 g/mol. The second-order valence-electron chi connectivity index (χ2n) is 7.05. The Morgan fingerprint density at radius 2 is 1.48 bits per heavy atom. The third-order valence-electron chi connectivity index (χ3n) is 5.28. The van der Waals surface area contributed by atoms with E-state index in [1.165, 1.54) is 4.57 Å². The van der Waals surface area contributed by atoms with Crippen LogP contribution in [0.2, 0.25) is 0 Å². The predicted octanol–water partition coefficient (Wildman–Crippen LogP) is 3.42. The van der Waals surface area contributed by atoms with Crippen LogP contribution in [0.3, 0.4) is 0 Å². The fraction of sp³-hybridized carbons (Fsp3) is 0.130. The minimum atomic E-state index is -0.267. The number of nitrogens with zero attached hydrogens (tertiary/aromatic N) is 5. The Hall–Kier alpha value is -4.20. The molecule has 0 radical (unpaired) electrons. The van der Waals surface area contributed by atoms with Gasteiger partial charge in [-0.15, -0.1) is 10.2 Å². The second kappa shape index (κ2) is 7.24. The molecule has 0 N–H and O–H groups in total. The van der Waals surface area contributed by atoms with Gasteiger partial charge in [-0.1, -0.05) is 12.1 Å². The van der Waals surface area contributed by atoms with Gasteiger partial charge in [0.2, 0.25) is 0 Å². The summed E-state index contributed by atoms with van der Waals surface area (Å²) in [6.07, 6.45) is 1.72. The Morgan fingerprint density at radius 3 is 2.13 bits per heavy atom. The van der Waals surface area contributed by atoms with E-state index < -0.39 is 0 Å². The maximum atomic E-state index is 13.1. The van der Waals surface area contributed by atoms with E-state index in [-0.39, 0.29) is 11.1 Å². The minimum absolute atomic E-state index is 0.245. The molecule has 0 aliphatic rings. The molecule has 0 spiro atoms. The predicted molar refractivity (Wildman–Crippen MR) is 117 cm³/mol. The number of aryl methyl sites for hydroxylation is 1. The number of ether oxygens (including phenoxy) is 2. The first-order valence-corrected chi connectivity index (χ1v) is 9.67. The zero-order valence-corrected chi connectivity index (χ0v) is 17.2. The zero-order chi connectivity index (χ0) is 21.5. The van der Waals surface area contributed by atoms with Gasteiger partial charge in [-0.2, -0.15) is 5.10 Å². The molecule has 0 saturated heterocycles. The van der Waals surface area contributed by atoms with E-state index in [0.29, 0.717) is 16.9 Å². The highest BCUT2D eigenvalue weighted by Crippen LogP contribution is 2.29. The van der Waals surface area contributed by atoms with Crippen LogP contribution >= 0.6 is 0 Å². The van der Waals surface area contributed by atoms with Crippen LogP contribution in [0.25, 0.3) is 33.5 Å². The van der Waals surface area contributed by atoms with Crippen molar-refractivity contribution in [1.29, 1.82) is 0 Å². The fourth-order valence-electron chi connectivity index (χ4n) is 3.69. The summed E-state index contributed by atoms with van der Waals surface area (Å²) in [5.41, 5.74) is 4.51. The summed E-state index contributed by atoms with van der Waals surface area (Å²) in [6, 6.07) is 16.8. The Morgan fingerprint density at radius 1 is 0.839 bits per heavy atom. The largest absolute Gasteiger partial charge is 0.497 e. The molecule has 0 amide bonds. The standard InChI is InChI=1S/C23H19N5O3/c1-14-20(15-4-8-17(30-2)9-5-15)22-25-24-21-19(28(22)26-14)12-13-27(23(21)29)16-6-10-18(31-3)11-7-16/h4-13H,1-3H3. The maximum Gasteiger partial charge on any atom is 0.285 e. The molecule has 0 unspecified atom stereocenters. The second-order valence-corrected chi connectivity index (χ2v) is 7.05. The van der Waals surface area contributed by atoms with Crippen molar-refractivity contribution in [2.45, 2.75) is 6.92 Å². The van der Waals surface area contributed by atoms with Gasteiger partial charge in [0.25, 0.3) is 5.56 Å². The smallest absolute Gasteiger partial charge is 0.285 e. The average molecular weight is 413 g/mol. The highest BCUT2D eigenvalue weighted by molar-refractivity contribution is 5.84. The quantitative estimate of drug-likeness (QED) is 0.449. The van der Waals surface area contributed by atoms with Crippen molar-refractivity contribution in [2.75, 3.05) is 14.2 Å². The summed E-state index contributed by atoms with van der Waals surface area (Å²) in [6.45, 7) is 1.92. The summed E-state index contributed by atoms with van der Waals surface area (Å²) < 4.78 is 13.6. The molecular formula is C23H19N5O3. The van der Waals surface area contributed by atoms with Crippen LogP contribution in [-0.4, -0.2) is 38.6 Å². The summed E-state index contributed by atoms with van der Waals surface area (Å²) in [5.74, 6) is 1.49. The van der Waals surface area contributed by atoms with Gasteiger partial charge < -0.3 is 9.47 Å². The third kappa shape index (κ3) is 3.00. The van der Waals surface area contributed by atoms with Gasteiger partial charge in [-0.25, -0.2) is 4.52 Å². The van der Waals surface area contributed by atoms with E-state index >= 15 is 0 Å². The van der Waals surface area contributed by atoms with Crippen molar-refractivity contribution in [2.24, 2.45) is 0 Å². The van der Waals surface area contributed by atoms with Gasteiger partial charge >= 0.3 is 0 Å². The molecule has 0 atom stereocenters. The number of aromatic nitrogens is 5. The molecule has 0 saturated carbocycles. The lowest BCUT2D eigenvalue weighted by Gasteiger charge is -2.08. The summed E-state index contributed by atoms with van der Waals surface area (Å²) in [4.78, 5) is 13.1. The molecule has 31 heavy (non-hydrogen) atoms. The first-order chi connectivity index (χ1) is 15.1. The average Bonchev–Trinajstić information content (AvgIpc) is 3.15. The molecule has 3 heterocycles. The van der Waals surface area contributed by atoms with Crippen molar-refractivity contribution in [3.63, 3.8) is 0 Å². The molecule has 5 aromatic rings. The van der Waals surface area contributed by atoms with Crippen LogP contribution in [0, 0.1) is 6.92 Å². The number of hydrogen-bond acceptors (Lipinski definition) is 6. The summed E-state index contributed by atoms with van der Waals surface area (Å²) in [7, 11) is 3.23. The van der Waals surface area contributed by atoms with E-state index in [1.54, 1.807) is 37.1 Å². The molecule has 5 rings (SSSR count). The van der Waals surface area contributed by atoms with Crippen LogP contribution in [0.15, 0.2) is 65.6 Å². The first kappa shape index (κ1) is 18.8. The Labute approximate surface area is 177 Å². The number of fused-ring (bicyclic) bond motifs is 3. The van der Waals surface area contributed by atoms with Gasteiger partial charge in [0, 0.05) is 11.9 Å². The highest BCUT2D eigenvalue weighted by atomic mass is 16.5. The molecule has 2 aromatic carbocycles. The van der Waals surface area contributed by atoms with E-state index in [4.69, 9.17) is 9.47 Å². The van der Waals surface area contributed by atoms with E-state index in [0.717, 1.165) is 28.3 Å². The van der Waals surface area contributed by atoms with Crippen molar-refractivity contribution in [3.8, 4) is 28.3 Å². The van der Waals surface area contributed by atoms with E-state index in [2.05, 4.69) is 15.3 Å². The van der Waals surface area contributed by atoms with Gasteiger partial charge in [0.15, 0.2) is 11.2 Å². The molecular weight excluding hydrogens is 394 g/mol. The fourth-order valence-corrected chi connectivity index (χ4v) is 3.69. The maximum absolute atomic E-state index is 13.1. The summed E-state index contributed by atoms with van der Waals surface area (Å²) in [5, 5.41) is 13.3. The van der Waals surface area contributed by atoms with Crippen molar-refractivity contribution in [1.82, 2.24) is 24.4 Å². The molecule has 3 aromatic heterocycles. The van der Waals surface area contributed by atoms with Gasteiger partial charge in [0.05, 0.1) is 25.5 Å². The number of benzene rings is 2. The molecule has 154 valence electrons. The van der Waals surface area contributed by atoms with E-state index in [1.807, 2.05) is 49.4 Å². The lowest BCUT2D eigenvalue weighted by molar-refractivity contribution is 0.414. The Bertz CT molecular complexity index is 1470. The van der Waals surface area contributed by atoms with Crippen LogP contribution in [0.5, 0.6) is 11.5 Å². The first-order valence-electron chi connectivity index (χ1n) is 9.67.